The second-order valence-corrected chi connectivity index (χ2v) is 13.0. The summed E-state index contributed by atoms with van der Waals surface area (Å²) in [5.74, 6) is -0.735. The Kier molecular flexibility index (Phi) is 11.2. The summed E-state index contributed by atoms with van der Waals surface area (Å²) in [4.78, 5) is 28.7. The minimum Gasteiger partial charge on any atom is -0.354 e. The molecule has 0 saturated heterocycles. The van der Waals surface area contributed by atoms with Crippen LogP contribution in [0.4, 0.5) is 5.69 Å². The number of nitrogens with one attached hydrogen (secondary N) is 1. The van der Waals surface area contributed by atoms with Crippen LogP contribution < -0.4 is 9.62 Å². The topological polar surface area (TPSA) is 86.8 Å². The number of rotatable bonds is 12. The summed E-state index contributed by atoms with van der Waals surface area (Å²) in [6.45, 7) is 9.15. The van der Waals surface area contributed by atoms with Crippen molar-refractivity contribution in [3.05, 3.63) is 93.5 Å². The van der Waals surface area contributed by atoms with Gasteiger partial charge in [-0.25, -0.2) is 8.42 Å². The maximum atomic E-state index is 14.1. The number of hydrogen-bond acceptors (Lipinski definition) is 4. The number of nitrogens with zero attached hydrogens (tertiary/aromatic N) is 2. The van der Waals surface area contributed by atoms with Crippen LogP contribution in [0.1, 0.15) is 44.4 Å². The molecule has 2 amide bonds. The Morgan fingerprint density at radius 2 is 1.51 bits per heavy atom. The van der Waals surface area contributed by atoms with Gasteiger partial charge in [-0.1, -0.05) is 85.9 Å². The first-order valence-electron chi connectivity index (χ1n) is 13.5. The van der Waals surface area contributed by atoms with E-state index in [9.17, 15) is 18.0 Å². The first kappa shape index (κ1) is 32.4. The van der Waals surface area contributed by atoms with Crippen molar-refractivity contribution in [2.75, 3.05) is 17.4 Å². The Labute approximate surface area is 253 Å². The van der Waals surface area contributed by atoms with Crippen LogP contribution in [0.15, 0.2) is 71.6 Å². The fourth-order valence-corrected chi connectivity index (χ4v) is 6.26. The summed E-state index contributed by atoms with van der Waals surface area (Å²) in [6, 6.07) is 17.6. The highest BCUT2D eigenvalue weighted by Gasteiger charge is 2.33. The van der Waals surface area contributed by atoms with E-state index >= 15 is 0 Å². The number of carbonyl (C=O) groups is 2. The van der Waals surface area contributed by atoms with E-state index in [2.05, 4.69) is 5.32 Å². The van der Waals surface area contributed by atoms with Crippen molar-refractivity contribution in [3.8, 4) is 0 Å². The second-order valence-electron chi connectivity index (χ2n) is 10.3. The third kappa shape index (κ3) is 8.03. The van der Waals surface area contributed by atoms with Gasteiger partial charge in [-0.2, -0.15) is 0 Å². The summed E-state index contributed by atoms with van der Waals surface area (Å²) in [5, 5.41) is 3.54. The molecule has 0 aromatic heterocycles. The molecule has 41 heavy (non-hydrogen) atoms. The van der Waals surface area contributed by atoms with Crippen molar-refractivity contribution < 1.29 is 18.0 Å². The average Bonchev–Trinajstić information content (AvgIpc) is 2.94. The molecule has 7 nitrogen and oxygen atoms in total. The fourth-order valence-electron chi connectivity index (χ4n) is 4.29. The molecule has 1 atom stereocenters. The summed E-state index contributed by atoms with van der Waals surface area (Å²) in [6.07, 6.45) is 0.553. The van der Waals surface area contributed by atoms with E-state index in [1.807, 2.05) is 39.8 Å². The Morgan fingerprint density at radius 1 is 0.902 bits per heavy atom. The Morgan fingerprint density at radius 3 is 2.10 bits per heavy atom. The predicted octanol–water partition coefficient (Wildman–Crippen LogP) is 6.25. The minimum absolute atomic E-state index is 0.0604. The number of para-hydroxylation sites is 1. The van der Waals surface area contributed by atoms with Gasteiger partial charge in [0.15, 0.2) is 0 Å². The fraction of sp³-hybridized carbons (Fsp3) is 0.355. The monoisotopic (exact) mass is 617 g/mol. The number of benzene rings is 3. The number of anilines is 1. The van der Waals surface area contributed by atoms with E-state index in [4.69, 9.17) is 23.2 Å². The van der Waals surface area contributed by atoms with Crippen molar-refractivity contribution in [1.29, 1.82) is 0 Å². The second kappa shape index (κ2) is 14.2. The summed E-state index contributed by atoms with van der Waals surface area (Å²) >= 11 is 12.9. The molecule has 1 N–H and O–H groups in total. The number of sulfonamides is 1. The third-order valence-electron chi connectivity index (χ3n) is 6.77. The van der Waals surface area contributed by atoms with Gasteiger partial charge >= 0.3 is 0 Å². The molecule has 220 valence electrons. The molecule has 3 rings (SSSR count). The molecule has 0 aliphatic rings. The smallest absolute Gasteiger partial charge is 0.264 e. The van der Waals surface area contributed by atoms with Gasteiger partial charge in [0.2, 0.25) is 11.8 Å². The average molecular weight is 619 g/mol. The van der Waals surface area contributed by atoms with Crippen molar-refractivity contribution in [3.63, 3.8) is 0 Å². The van der Waals surface area contributed by atoms with Crippen molar-refractivity contribution in [2.24, 2.45) is 5.92 Å². The van der Waals surface area contributed by atoms with Gasteiger partial charge in [0, 0.05) is 28.7 Å². The molecule has 3 aromatic carbocycles. The maximum Gasteiger partial charge on any atom is 0.264 e. The van der Waals surface area contributed by atoms with Crippen LogP contribution in [0.2, 0.25) is 10.0 Å². The lowest BCUT2D eigenvalue weighted by molar-refractivity contribution is -0.139. The van der Waals surface area contributed by atoms with Crippen LogP contribution >= 0.6 is 23.2 Å². The van der Waals surface area contributed by atoms with Crippen molar-refractivity contribution >= 4 is 50.7 Å². The van der Waals surface area contributed by atoms with Gasteiger partial charge in [-0.05, 0) is 62.1 Å². The number of amides is 2. The van der Waals surface area contributed by atoms with Crippen LogP contribution in [0.3, 0.4) is 0 Å². The van der Waals surface area contributed by atoms with Crippen molar-refractivity contribution in [2.45, 2.75) is 58.5 Å². The molecule has 10 heteroatoms. The third-order valence-corrected chi connectivity index (χ3v) is 9.25. The lowest BCUT2D eigenvalue weighted by Gasteiger charge is -2.33. The lowest BCUT2D eigenvalue weighted by atomic mass is 10.1. The standard InChI is InChI=1S/C31H37Cl2N3O4S/c1-6-24-10-7-8-13-29(24)36(41(39,40)25-16-14-22(4)15-17-25)20-30(37)35(23(5)31(38)34-18-21(2)3)19-26-27(32)11-9-12-28(26)33/h7-17,21,23H,6,18-20H2,1-5H3,(H,34,38)/t23-/m0/s1. The van der Waals surface area contributed by atoms with Crippen LogP contribution in [0, 0.1) is 12.8 Å². The highest BCUT2D eigenvalue weighted by Crippen LogP contribution is 2.30. The van der Waals surface area contributed by atoms with Crippen LogP contribution in [-0.4, -0.2) is 44.3 Å². The van der Waals surface area contributed by atoms with Crippen LogP contribution in [0.5, 0.6) is 0 Å². The molecule has 0 aliphatic carbocycles. The molecule has 0 fully saturated rings. The molecule has 0 unspecified atom stereocenters. The lowest BCUT2D eigenvalue weighted by Crippen LogP contribution is -2.51. The van der Waals surface area contributed by atoms with Gasteiger partial charge in [0.05, 0.1) is 10.6 Å². The van der Waals surface area contributed by atoms with Gasteiger partial charge in [-0.15, -0.1) is 0 Å². The number of aryl methyl sites for hydroxylation is 2. The maximum absolute atomic E-state index is 14.1. The molecule has 3 aromatic rings. The molecular weight excluding hydrogens is 581 g/mol. The molecule has 0 spiro atoms. The Balaban J connectivity index is 2.09. The van der Waals surface area contributed by atoms with Crippen molar-refractivity contribution in [1.82, 2.24) is 10.2 Å². The normalized spacial score (nSPS) is 12.2. The van der Waals surface area contributed by atoms with E-state index < -0.39 is 28.5 Å². The van der Waals surface area contributed by atoms with E-state index in [1.54, 1.807) is 49.4 Å². The first-order chi connectivity index (χ1) is 19.4. The quantitative estimate of drug-likeness (QED) is 0.260. The minimum atomic E-state index is -4.16. The number of halogens is 2. The zero-order valence-electron chi connectivity index (χ0n) is 24.0. The summed E-state index contributed by atoms with van der Waals surface area (Å²) < 4.78 is 29.2. The molecule has 0 bridgehead atoms. The summed E-state index contributed by atoms with van der Waals surface area (Å²) in [5.41, 5.74) is 2.54. The summed E-state index contributed by atoms with van der Waals surface area (Å²) in [7, 11) is -4.16. The van der Waals surface area contributed by atoms with E-state index in [1.165, 1.54) is 17.0 Å². The molecule has 0 radical (unpaired) electrons. The first-order valence-corrected chi connectivity index (χ1v) is 15.7. The van der Waals surface area contributed by atoms with Gasteiger partial charge in [0.1, 0.15) is 12.6 Å². The largest absolute Gasteiger partial charge is 0.354 e. The van der Waals surface area contributed by atoms with Crippen LogP contribution in [0.25, 0.3) is 0 Å². The Bertz CT molecular complexity index is 1460. The van der Waals surface area contributed by atoms with Gasteiger partial charge < -0.3 is 10.2 Å². The highest BCUT2D eigenvalue weighted by molar-refractivity contribution is 7.92. The zero-order chi connectivity index (χ0) is 30.3. The molecule has 0 saturated carbocycles. The van der Waals surface area contributed by atoms with E-state index in [0.29, 0.717) is 34.3 Å². The van der Waals surface area contributed by atoms with E-state index in [0.717, 1.165) is 15.4 Å². The number of hydrogen-bond donors (Lipinski definition) is 1. The SMILES string of the molecule is CCc1ccccc1N(CC(=O)N(Cc1c(Cl)cccc1Cl)[C@@H](C)C(=O)NCC(C)C)S(=O)(=O)c1ccc(C)cc1. The Hall–Kier alpha value is -3.07. The molecule has 0 heterocycles. The van der Waals surface area contributed by atoms with Crippen LogP contribution in [-0.2, 0) is 32.6 Å². The van der Waals surface area contributed by atoms with Gasteiger partial charge in [-0.3, -0.25) is 13.9 Å². The molecule has 0 aliphatic heterocycles. The molecular formula is C31H37Cl2N3O4S. The highest BCUT2D eigenvalue weighted by atomic mass is 35.5. The van der Waals surface area contributed by atoms with Gasteiger partial charge in [0.25, 0.3) is 10.0 Å². The van der Waals surface area contributed by atoms with E-state index in [-0.39, 0.29) is 23.3 Å². The number of carbonyl (C=O) groups excluding carboxylic acids is 2. The zero-order valence-corrected chi connectivity index (χ0v) is 26.4. The predicted molar refractivity (Wildman–Crippen MR) is 166 cm³/mol.